The first kappa shape index (κ1) is 12.9. The van der Waals surface area contributed by atoms with Gasteiger partial charge in [-0.15, -0.1) is 0 Å². The molecule has 2 atom stereocenters. The highest BCUT2D eigenvalue weighted by Gasteiger charge is 2.35. The van der Waals surface area contributed by atoms with Gasteiger partial charge in [-0.2, -0.15) is 0 Å². The Morgan fingerprint density at radius 2 is 2.06 bits per heavy atom. The lowest BCUT2D eigenvalue weighted by Crippen LogP contribution is -2.34. The zero-order valence-corrected chi connectivity index (χ0v) is 11.2. The van der Waals surface area contributed by atoms with Crippen LogP contribution in [-0.4, -0.2) is 9.97 Å². The van der Waals surface area contributed by atoms with Crippen LogP contribution in [0.15, 0.2) is 42.9 Å². The maximum atomic E-state index is 4.48. The SMILES string of the molecule is [CH2]C(C)C(CC)(Cc1ccccc1)c1c[nH]cn1. The van der Waals surface area contributed by atoms with Gasteiger partial charge in [-0.3, -0.25) is 0 Å². The molecule has 0 aliphatic rings. The highest BCUT2D eigenvalue weighted by Crippen LogP contribution is 2.37. The highest BCUT2D eigenvalue weighted by atomic mass is 14.9. The van der Waals surface area contributed by atoms with Crippen LogP contribution in [0.4, 0.5) is 0 Å². The molecule has 0 aliphatic carbocycles. The zero-order valence-electron chi connectivity index (χ0n) is 11.2. The Balaban J connectivity index is 2.37. The van der Waals surface area contributed by atoms with E-state index in [1.807, 2.05) is 6.20 Å². The maximum absolute atomic E-state index is 4.48. The number of hydrogen-bond acceptors (Lipinski definition) is 1. The third-order valence-corrected chi connectivity index (χ3v) is 3.94. The van der Waals surface area contributed by atoms with Gasteiger partial charge in [-0.1, -0.05) is 44.2 Å². The number of benzene rings is 1. The zero-order chi connectivity index (χ0) is 13.0. The quantitative estimate of drug-likeness (QED) is 0.848. The molecule has 0 fully saturated rings. The van der Waals surface area contributed by atoms with Crippen molar-refractivity contribution < 1.29 is 0 Å². The Labute approximate surface area is 109 Å². The summed E-state index contributed by atoms with van der Waals surface area (Å²) in [5.74, 6) is 0.311. The number of rotatable bonds is 5. The number of nitrogens with one attached hydrogen (secondary N) is 1. The predicted octanol–water partition coefficient (Wildman–Crippen LogP) is 3.77. The lowest BCUT2D eigenvalue weighted by molar-refractivity contribution is 0.309. The molecule has 0 amide bonds. The molecular weight excluding hydrogens is 220 g/mol. The van der Waals surface area contributed by atoms with Crippen LogP contribution in [0.2, 0.25) is 0 Å². The number of H-pyrrole nitrogens is 1. The van der Waals surface area contributed by atoms with Gasteiger partial charge < -0.3 is 4.98 Å². The third kappa shape index (κ3) is 2.33. The Morgan fingerprint density at radius 3 is 2.56 bits per heavy atom. The summed E-state index contributed by atoms with van der Waals surface area (Å²) >= 11 is 0. The van der Waals surface area contributed by atoms with Crippen LogP contribution >= 0.6 is 0 Å². The first-order chi connectivity index (χ1) is 8.69. The van der Waals surface area contributed by atoms with Crippen molar-refractivity contribution in [3.8, 4) is 0 Å². The van der Waals surface area contributed by atoms with Crippen molar-refractivity contribution in [2.75, 3.05) is 0 Å². The standard InChI is InChI=1S/C16H21N2/c1-4-16(13(2)3,15-11-17-12-18-15)10-14-8-6-5-7-9-14/h5-9,11-13H,2,4,10H2,1,3H3,(H,17,18). The summed E-state index contributed by atoms with van der Waals surface area (Å²) in [4.78, 5) is 7.55. The van der Waals surface area contributed by atoms with Gasteiger partial charge in [0.25, 0.3) is 0 Å². The minimum absolute atomic E-state index is 0.0152. The van der Waals surface area contributed by atoms with E-state index in [0.717, 1.165) is 18.5 Å². The Kier molecular flexibility index (Phi) is 3.85. The summed E-state index contributed by atoms with van der Waals surface area (Å²) in [5, 5.41) is 0. The minimum Gasteiger partial charge on any atom is -0.351 e. The topological polar surface area (TPSA) is 28.7 Å². The van der Waals surface area contributed by atoms with Crippen LogP contribution in [0.5, 0.6) is 0 Å². The molecule has 0 bridgehead atoms. The van der Waals surface area contributed by atoms with Crippen molar-refractivity contribution in [1.29, 1.82) is 0 Å². The number of imidazole rings is 1. The summed E-state index contributed by atoms with van der Waals surface area (Å²) in [6.07, 6.45) is 5.79. The van der Waals surface area contributed by atoms with Crippen LogP contribution in [-0.2, 0) is 11.8 Å². The normalized spacial score (nSPS) is 14.7. The van der Waals surface area contributed by atoms with Gasteiger partial charge in [0.15, 0.2) is 0 Å². The molecule has 0 saturated carbocycles. The maximum Gasteiger partial charge on any atom is 0.0923 e. The number of nitrogens with zero attached hydrogens (tertiary/aromatic N) is 1. The van der Waals surface area contributed by atoms with Crippen LogP contribution in [0.1, 0.15) is 31.5 Å². The van der Waals surface area contributed by atoms with Gasteiger partial charge in [0, 0.05) is 11.6 Å². The van der Waals surface area contributed by atoms with Crippen molar-refractivity contribution in [2.45, 2.75) is 32.1 Å². The van der Waals surface area contributed by atoms with Crippen molar-refractivity contribution in [3.63, 3.8) is 0 Å². The Hall–Kier alpha value is -1.57. The molecule has 1 aromatic carbocycles. The lowest BCUT2D eigenvalue weighted by Gasteiger charge is -2.35. The Bertz CT molecular complexity index is 459. The number of aromatic nitrogens is 2. The first-order valence-electron chi connectivity index (χ1n) is 6.55. The molecule has 95 valence electrons. The third-order valence-electron chi connectivity index (χ3n) is 3.94. The summed E-state index contributed by atoms with van der Waals surface area (Å²) < 4.78 is 0. The number of hydrogen-bond donors (Lipinski definition) is 1. The summed E-state index contributed by atoms with van der Waals surface area (Å²) in [5.41, 5.74) is 2.48. The predicted molar refractivity (Wildman–Crippen MR) is 75.2 cm³/mol. The van der Waals surface area contributed by atoms with Gasteiger partial charge in [0.1, 0.15) is 0 Å². The van der Waals surface area contributed by atoms with Crippen LogP contribution in [0.25, 0.3) is 0 Å². The van der Waals surface area contributed by atoms with Crippen molar-refractivity contribution in [1.82, 2.24) is 9.97 Å². The van der Waals surface area contributed by atoms with E-state index in [1.54, 1.807) is 6.33 Å². The van der Waals surface area contributed by atoms with E-state index in [1.165, 1.54) is 5.56 Å². The van der Waals surface area contributed by atoms with Gasteiger partial charge in [0.05, 0.1) is 12.0 Å². The molecule has 0 spiro atoms. The van der Waals surface area contributed by atoms with E-state index < -0.39 is 0 Å². The van der Waals surface area contributed by atoms with E-state index in [-0.39, 0.29) is 5.41 Å². The molecule has 2 rings (SSSR count). The fourth-order valence-corrected chi connectivity index (χ4v) is 2.66. The first-order valence-corrected chi connectivity index (χ1v) is 6.55. The largest absolute Gasteiger partial charge is 0.351 e. The molecule has 2 aromatic rings. The van der Waals surface area contributed by atoms with Gasteiger partial charge in [-0.25, -0.2) is 4.98 Å². The molecule has 1 N–H and O–H groups in total. The monoisotopic (exact) mass is 241 g/mol. The average molecular weight is 241 g/mol. The van der Waals surface area contributed by atoms with Gasteiger partial charge in [0.2, 0.25) is 0 Å². The second-order valence-corrected chi connectivity index (χ2v) is 5.03. The molecule has 0 saturated heterocycles. The minimum atomic E-state index is 0.0152. The summed E-state index contributed by atoms with van der Waals surface area (Å²) in [7, 11) is 0. The summed E-state index contributed by atoms with van der Waals surface area (Å²) in [6.45, 7) is 8.68. The molecule has 1 aromatic heterocycles. The molecule has 1 heterocycles. The van der Waals surface area contributed by atoms with Crippen LogP contribution in [0.3, 0.4) is 0 Å². The second kappa shape index (κ2) is 5.38. The molecule has 18 heavy (non-hydrogen) atoms. The molecule has 2 unspecified atom stereocenters. The van der Waals surface area contributed by atoms with E-state index >= 15 is 0 Å². The van der Waals surface area contributed by atoms with E-state index in [9.17, 15) is 0 Å². The lowest BCUT2D eigenvalue weighted by atomic mass is 9.69. The molecule has 2 heteroatoms. The molecule has 0 aliphatic heterocycles. The fraction of sp³-hybridized carbons (Fsp3) is 0.375. The van der Waals surface area contributed by atoms with E-state index in [4.69, 9.17) is 0 Å². The second-order valence-electron chi connectivity index (χ2n) is 5.03. The van der Waals surface area contributed by atoms with E-state index in [2.05, 4.69) is 61.1 Å². The van der Waals surface area contributed by atoms with Gasteiger partial charge in [-0.05, 0) is 31.2 Å². The fourth-order valence-electron chi connectivity index (χ4n) is 2.66. The molecule has 2 nitrogen and oxygen atoms in total. The Morgan fingerprint density at radius 1 is 1.33 bits per heavy atom. The smallest absolute Gasteiger partial charge is 0.0923 e. The summed E-state index contributed by atoms with van der Waals surface area (Å²) in [6, 6.07) is 10.6. The van der Waals surface area contributed by atoms with Crippen molar-refractivity contribution >= 4 is 0 Å². The highest BCUT2D eigenvalue weighted by molar-refractivity contribution is 5.24. The van der Waals surface area contributed by atoms with E-state index in [0.29, 0.717) is 5.92 Å². The van der Waals surface area contributed by atoms with Gasteiger partial charge >= 0.3 is 0 Å². The molecular formula is C16H21N2. The molecule has 1 radical (unpaired) electrons. The average Bonchev–Trinajstić information content (AvgIpc) is 2.91. The van der Waals surface area contributed by atoms with Crippen molar-refractivity contribution in [2.24, 2.45) is 5.92 Å². The number of aromatic amines is 1. The van der Waals surface area contributed by atoms with Crippen LogP contribution in [0, 0.1) is 12.8 Å². The van der Waals surface area contributed by atoms with Crippen molar-refractivity contribution in [3.05, 3.63) is 61.0 Å². The van der Waals surface area contributed by atoms with Crippen LogP contribution < -0.4 is 0 Å².